The number of carbonyl (C=O) groups excluding carboxylic acids is 1. The van der Waals surface area contributed by atoms with Crippen molar-refractivity contribution in [3.8, 4) is 11.3 Å². The summed E-state index contributed by atoms with van der Waals surface area (Å²) in [6.45, 7) is 2.00. The van der Waals surface area contributed by atoms with E-state index in [4.69, 9.17) is 4.98 Å². The van der Waals surface area contributed by atoms with Crippen LogP contribution in [0.25, 0.3) is 11.3 Å². The lowest BCUT2D eigenvalue weighted by Gasteiger charge is -2.24. The molecule has 2 N–H and O–H groups in total. The maximum Gasteiger partial charge on any atom is 0.272 e. The van der Waals surface area contributed by atoms with Crippen molar-refractivity contribution in [2.75, 3.05) is 29.9 Å². The molecule has 0 aliphatic carbocycles. The van der Waals surface area contributed by atoms with Gasteiger partial charge in [-0.1, -0.05) is 12.1 Å². The summed E-state index contributed by atoms with van der Waals surface area (Å²) >= 11 is 1.74. The lowest BCUT2D eigenvalue weighted by molar-refractivity contribution is 0.102. The topological polar surface area (TPSA) is 100 Å². The van der Waals surface area contributed by atoms with Gasteiger partial charge in [-0.15, -0.1) is 0 Å². The number of hydrogen-bond donors (Lipinski definition) is 2. The van der Waals surface area contributed by atoms with E-state index in [0.29, 0.717) is 18.8 Å². The van der Waals surface area contributed by atoms with Crippen LogP contribution in [0.4, 0.5) is 5.69 Å². The zero-order valence-corrected chi connectivity index (χ0v) is 19.2. The van der Waals surface area contributed by atoms with E-state index in [1.54, 1.807) is 11.8 Å². The van der Waals surface area contributed by atoms with Crippen LogP contribution in [-0.2, 0) is 23.0 Å². The van der Waals surface area contributed by atoms with Gasteiger partial charge in [0.15, 0.2) is 0 Å². The van der Waals surface area contributed by atoms with Crippen LogP contribution in [-0.4, -0.2) is 57.8 Å². The summed E-state index contributed by atoms with van der Waals surface area (Å²) in [5.74, 6) is 2.32. The molecule has 1 saturated heterocycles. The van der Waals surface area contributed by atoms with Crippen LogP contribution in [0.5, 0.6) is 0 Å². The third-order valence-corrected chi connectivity index (χ3v) is 8.67. The standard InChI is InChI=1S/C22H25N5O3S2/c28-22(19-13-18(14-23-19)32(29,30)27-9-11-31-12-10-27)24-17-6-4-16(5-7-17)20-15-26-8-2-1-3-21(26)25-20/h4-7,13-15,23H,1-3,8-12H2,(H,24,28). The van der Waals surface area contributed by atoms with Crippen molar-refractivity contribution in [2.45, 2.75) is 30.7 Å². The van der Waals surface area contributed by atoms with Gasteiger partial charge in [-0.3, -0.25) is 4.79 Å². The molecule has 2 aliphatic rings. The molecule has 5 rings (SSSR count). The number of hydrogen-bond acceptors (Lipinski definition) is 5. The molecular weight excluding hydrogens is 446 g/mol. The predicted molar refractivity (Wildman–Crippen MR) is 125 cm³/mol. The summed E-state index contributed by atoms with van der Waals surface area (Å²) in [7, 11) is -3.59. The first kappa shape index (κ1) is 21.3. The number of fused-ring (bicyclic) bond motifs is 1. The normalized spacial score (nSPS) is 17.1. The lowest BCUT2D eigenvalue weighted by Crippen LogP contribution is -2.37. The number of aromatic nitrogens is 3. The first-order valence-corrected chi connectivity index (χ1v) is 13.3. The Kier molecular flexibility index (Phi) is 5.83. The number of nitrogens with one attached hydrogen (secondary N) is 2. The Morgan fingerprint density at radius 2 is 1.88 bits per heavy atom. The molecule has 168 valence electrons. The van der Waals surface area contributed by atoms with Crippen molar-refractivity contribution in [1.82, 2.24) is 18.8 Å². The van der Waals surface area contributed by atoms with Crippen LogP contribution in [0, 0.1) is 0 Å². The van der Waals surface area contributed by atoms with Crippen LogP contribution in [0.3, 0.4) is 0 Å². The van der Waals surface area contributed by atoms with Crippen LogP contribution in [0.2, 0.25) is 0 Å². The maximum atomic E-state index is 12.8. The summed E-state index contributed by atoms with van der Waals surface area (Å²) < 4.78 is 29.3. The highest BCUT2D eigenvalue weighted by molar-refractivity contribution is 7.99. The second-order valence-electron chi connectivity index (χ2n) is 7.99. The number of carbonyl (C=O) groups is 1. The molecule has 0 saturated carbocycles. The number of rotatable bonds is 5. The third kappa shape index (κ3) is 4.22. The molecule has 0 atom stereocenters. The Morgan fingerprint density at radius 3 is 2.62 bits per heavy atom. The highest BCUT2D eigenvalue weighted by Crippen LogP contribution is 2.25. The largest absolute Gasteiger partial charge is 0.356 e. The Bertz CT molecular complexity index is 1200. The van der Waals surface area contributed by atoms with Gasteiger partial charge in [-0.2, -0.15) is 16.1 Å². The smallest absolute Gasteiger partial charge is 0.272 e. The average molecular weight is 472 g/mol. The minimum absolute atomic E-state index is 0.119. The molecule has 1 fully saturated rings. The molecular formula is C22H25N5O3S2. The third-order valence-electron chi connectivity index (χ3n) is 5.86. The van der Waals surface area contributed by atoms with Gasteiger partial charge in [0.1, 0.15) is 16.4 Å². The highest BCUT2D eigenvalue weighted by atomic mass is 32.2. The molecule has 10 heteroatoms. The number of aromatic amines is 1. The monoisotopic (exact) mass is 471 g/mol. The van der Waals surface area contributed by atoms with Gasteiger partial charge in [0.2, 0.25) is 10.0 Å². The van der Waals surface area contributed by atoms with E-state index in [2.05, 4.69) is 21.1 Å². The van der Waals surface area contributed by atoms with Crippen molar-refractivity contribution >= 4 is 33.4 Å². The molecule has 0 unspecified atom stereocenters. The Hall–Kier alpha value is -2.56. The van der Waals surface area contributed by atoms with Gasteiger partial charge in [-0.05, 0) is 31.0 Å². The van der Waals surface area contributed by atoms with E-state index < -0.39 is 10.0 Å². The second-order valence-corrected chi connectivity index (χ2v) is 11.2. The van der Waals surface area contributed by atoms with Gasteiger partial charge in [0, 0.05) is 61.2 Å². The number of H-pyrrole nitrogens is 1. The number of amides is 1. The summed E-state index contributed by atoms with van der Waals surface area (Å²) in [6.07, 6.45) is 6.85. The zero-order chi connectivity index (χ0) is 22.1. The fraction of sp³-hybridized carbons (Fsp3) is 0.364. The first-order valence-electron chi connectivity index (χ1n) is 10.7. The van der Waals surface area contributed by atoms with Gasteiger partial charge < -0.3 is 14.9 Å². The summed E-state index contributed by atoms with van der Waals surface area (Å²) in [5.41, 5.74) is 2.78. The fourth-order valence-electron chi connectivity index (χ4n) is 4.06. The van der Waals surface area contributed by atoms with Crippen molar-refractivity contribution in [2.24, 2.45) is 0 Å². The molecule has 0 bridgehead atoms. The number of benzene rings is 1. The summed E-state index contributed by atoms with van der Waals surface area (Å²) in [5, 5.41) is 2.82. The molecule has 4 heterocycles. The SMILES string of the molecule is O=C(Nc1ccc(-c2cn3c(n2)CCCC3)cc1)c1cc(S(=O)(=O)N2CCSCC2)c[nH]1. The molecule has 0 spiro atoms. The Balaban J connectivity index is 1.27. The average Bonchev–Trinajstić information content (AvgIpc) is 3.48. The van der Waals surface area contributed by atoms with E-state index in [1.165, 1.54) is 29.4 Å². The van der Waals surface area contributed by atoms with Crippen molar-refractivity contribution in [1.29, 1.82) is 0 Å². The number of nitrogens with zero attached hydrogens (tertiary/aromatic N) is 3. The van der Waals surface area contributed by atoms with Gasteiger partial charge in [0.25, 0.3) is 5.91 Å². The van der Waals surface area contributed by atoms with Crippen LogP contribution >= 0.6 is 11.8 Å². The van der Waals surface area contributed by atoms with Gasteiger partial charge in [-0.25, -0.2) is 13.4 Å². The number of anilines is 1. The Morgan fingerprint density at radius 1 is 1.09 bits per heavy atom. The maximum absolute atomic E-state index is 12.8. The van der Waals surface area contributed by atoms with E-state index in [-0.39, 0.29) is 16.5 Å². The summed E-state index contributed by atoms with van der Waals surface area (Å²) in [4.78, 5) is 20.3. The van der Waals surface area contributed by atoms with E-state index in [1.807, 2.05) is 24.3 Å². The summed E-state index contributed by atoms with van der Waals surface area (Å²) in [6, 6.07) is 8.93. The van der Waals surface area contributed by atoms with Gasteiger partial charge in [0.05, 0.1) is 5.69 Å². The van der Waals surface area contributed by atoms with E-state index >= 15 is 0 Å². The minimum Gasteiger partial charge on any atom is -0.356 e. The molecule has 3 aromatic rings. The molecule has 2 aliphatic heterocycles. The molecule has 1 amide bonds. The van der Waals surface area contributed by atoms with Crippen molar-refractivity contribution < 1.29 is 13.2 Å². The minimum atomic E-state index is -3.59. The Labute approximate surface area is 191 Å². The molecule has 32 heavy (non-hydrogen) atoms. The number of aryl methyl sites for hydroxylation is 2. The van der Waals surface area contributed by atoms with E-state index in [9.17, 15) is 13.2 Å². The van der Waals surface area contributed by atoms with E-state index in [0.717, 1.165) is 41.6 Å². The quantitative estimate of drug-likeness (QED) is 0.595. The molecule has 8 nitrogen and oxygen atoms in total. The van der Waals surface area contributed by atoms with Crippen LogP contribution < -0.4 is 5.32 Å². The lowest BCUT2D eigenvalue weighted by atomic mass is 10.1. The second kappa shape index (κ2) is 8.76. The van der Waals surface area contributed by atoms with Gasteiger partial charge >= 0.3 is 0 Å². The van der Waals surface area contributed by atoms with Crippen molar-refractivity contribution in [3.63, 3.8) is 0 Å². The first-order chi connectivity index (χ1) is 15.5. The fourth-order valence-corrected chi connectivity index (χ4v) is 6.64. The van der Waals surface area contributed by atoms with Crippen molar-refractivity contribution in [3.05, 3.63) is 54.2 Å². The number of thioether (sulfide) groups is 1. The molecule has 2 aromatic heterocycles. The van der Waals surface area contributed by atoms with Crippen LogP contribution in [0.15, 0.2) is 47.6 Å². The molecule has 1 aromatic carbocycles. The number of sulfonamides is 1. The number of imidazole rings is 1. The zero-order valence-electron chi connectivity index (χ0n) is 17.6. The molecule has 0 radical (unpaired) electrons. The predicted octanol–water partition coefficient (Wildman–Crippen LogP) is 3.20. The van der Waals surface area contributed by atoms with Crippen LogP contribution in [0.1, 0.15) is 29.2 Å². The highest BCUT2D eigenvalue weighted by Gasteiger charge is 2.27.